The van der Waals surface area contributed by atoms with Crippen molar-refractivity contribution in [2.24, 2.45) is 0 Å². The second kappa shape index (κ2) is 13.0. The Balaban J connectivity index is 0.00000351. The number of hydrogen-bond acceptors (Lipinski definition) is 6. The number of fused-ring (bicyclic) bond motifs is 2. The van der Waals surface area contributed by atoms with Crippen LogP contribution < -0.4 is 4.90 Å². The zero-order valence-corrected chi connectivity index (χ0v) is 27.2. The number of nitrogens with zero attached hydrogens (tertiary/aromatic N) is 5. The SMILES string of the molecule is Oc1ccccc1-c1nc(-c2[c-]c(N(c3cccc4ccccc34)c3nccc4ccccc34)ccc2)nc(-c2ccccc2)n1.[Pt]. The van der Waals surface area contributed by atoms with Crippen LogP contribution in [0.5, 0.6) is 5.75 Å². The van der Waals surface area contributed by atoms with Crippen molar-refractivity contribution in [1.82, 2.24) is 19.9 Å². The summed E-state index contributed by atoms with van der Waals surface area (Å²) < 4.78 is 0. The summed E-state index contributed by atoms with van der Waals surface area (Å²) in [7, 11) is 0. The molecule has 0 aliphatic heterocycles. The Morgan fingerprint density at radius 2 is 1.17 bits per heavy atom. The Hall–Kier alpha value is -5.71. The Morgan fingerprint density at radius 3 is 2.00 bits per heavy atom. The number of aromatic nitrogens is 4. The molecule has 0 atom stereocenters. The number of phenols is 1. The van der Waals surface area contributed by atoms with Crippen LogP contribution in [0.2, 0.25) is 0 Å². The second-order valence-electron chi connectivity index (χ2n) is 10.8. The summed E-state index contributed by atoms with van der Waals surface area (Å²) in [6.45, 7) is 0. The van der Waals surface area contributed by atoms with Gasteiger partial charge in [0.15, 0.2) is 11.6 Å². The Bertz CT molecular complexity index is 2270. The minimum Gasteiger partial charge on any atom is -0.507 e. The van der Waals surface area contributed by atoms with Gasteiger partial charge in [0.1, 0.15) is 11.6 Å². The predicted molar refractivity (Wildman–Crippen MR) is 184 cm³/mol. The molecule has 0 aliphatic carbocycles. The van der Waals surface area contributed by atoms with Crippen molar-refractivity contribution in [2.75, 3.05) is 4.90 Å². The molecule has 6 nitrogen and oxygen atoms in total. The van der Waals surface area contributed by atoms with Gasteiger partial charge < -0.3 is 10.0 Å². The third-order valence-electron chi connectivity index (χ3n) is 7.95. The topological polar surface area (TPSA) is 75.0 Å². The van der Waals surface area contributed by atoms with Gasteiger partial charge in [0, 0.05) is 43.6 Å². The van der Waals surface area contributed by atoms with E-state index in [2.05, 4.69) is 59.5 Å². The van der Waals surface area contributed by atoms with Gasteiger partial charge in [0.05, 0.1) is 17.1 Å². The van der Waals surface area contributed by atoms with Crippen molar-refractivity contribution < 1.29 is 26.2 Å². The van der Waals surface area contributed by atoms with E-state index in [9.17, 15) is 5.11 Å². The van der Waals surface area contributed by atoms with Crippen molar-refractivity contribution in [2.45, 2.75) is 0 Å². The molecule has 0 radical (unpaired) electrons. The number of hydrogen-bond donors (Lipinski definition) is 1. The average Bonchev–Trinajstić information content (AvgIpc) is 3.12. The summed E-state index contributed by atoms with van der Waals surface area (Å²) in [5, 5.41) is 15.0. The van der Waals surface area contributed by atoms with Gasteiger partial charge in [0.25, 0.3) is 0 Å². The molecule has 2 aromatic heterocycles. The van der Waals surface area contributed by atoms with Crippen LogP contribution in [0.15, 0.2) is 152 Å². The molecule has 8 aromatic rings. The van der Waals surface area contributed by atoms with E-state index in [-0.39, 0.29) is 26.8 Å². The number of pyridine rings is 1. The number of benzene rings is 6. The molecule has 0 spiro atoms. The average molecular weight is 788 g/mol. The van der Waals surface area contributed by atoms with Crippen LogP contribution in [-0.2, 0) is 21.1 Å². The summed E-state index contributed by atoms with van der Waals surface area (Å²) in [5.74, 6) is 2.21. The normalized spacial score (nSPS) is 10.9. The first-order valence-electron chi connectivity index (χ1n) is 15.0. The molecule has 0 saturated carbocycles. The molecule has 2 heterocycles. The third-order valence-corrected chi connectivity index (χ3v) is 7.95. The largest absolute Gasteiger partial charge is 0.507 e. The minimum absolute atomic E-state index is 0. The quantitative estimate of drug-likeness (QED) is 0.169. The maximum atomic E-state index is 10.7. The van der Waals surface area contributed by atoms with E-state index >= 15 is 0 Å². The summed E-state index contributed by atoms with van der Waals surface area (Å²) in [5.41, 5.74) is 3.81. The van der Waals surface area contributed by atoms with Crippen LogP contribution in [0.3, 0.4) is 0 Å². The Kier molecular flexibility index (Phi) is 8.26. The number of para-hydroxylation sites is 1. The first kappa shape index (κ1) is 30.0. The molecule has 0 saturated heterocycles. The van der Waals surface area contributed by atoms with E-state index in [1.165, 1.54) is 0 Å². The van der Waals surface area contributed by atoms with Gasteiger partial charge in [-0.3, -0.25) is 9.97 Å². The first-order valence-corrected chi connectivity index (χ1v) is 15.0. The van der Waals surface area contributed by atoms with Gasteiger partial charge in [-0.05, 0) is 40.7 Å². The molecular formula is C40H26N5OPt-. The van der Waals surface area contributed by atoms with Gasteiger partial charge in [-0.25, -0.2) is 9.97 Å². The van der Waals surface area contributed by atoms with Crippen LogP contribution in [0.1, 0.15) is 0 Å². The Labute approximate surface area is 286 Å². The second-order valence-corrected chi connectivity index (χ2v) is 10.8. The predicted octanol–water partition coefficient (Wildman–Crippen LogP) is 9.55. The molecule has 47 heavy (non-hydrogen) atoms. The fraction of sp³-hybridized carbons (Fsp3) is 0. The zero-order chi connectivity index (χ0) is 30.9. The van der Waals surface area contributed by atoms with E-state index in [0.29, 0.717) is 28.6 Å². The van der Waals surface area contributed by atoms with Gasteiger partial charge in [0.2, 0.25) is 0 Å². The number of rotatable bonds is 6. The fourth-order valence-corrected chi connectivity index (χ4v) is 5.76. The molecule has 8 rings (SSSR count). The maximum Gasteiger partial charge on any atom is 0.158 e. The minimum atomic E-state index is 0. The van der Waals surface area contributed by atoms with Gasteiger partial charge in [-0.15, -0.1) is 29.8 Å². The van der Waals surface area contributed by atoms with Crippen molar-refractivity contribution in [3.63, 3.8) is 0 Å². The Morgan fingerprint density at radius 1 is 0.532 bits per heavy atom. The van der Waals surface area contributed by atoms with Crippen LogP contribution >= 0.6 is 0 Å². The molecule has 1 N–H and O–H groups in total. The molecule has 0 aliphatic rings. The zero-order valence-electron chi connectivity index (χ0n) is 24.9. The van der Waals surface area contributed by atoms with Gasteiger partial charge in [-0.1, -0.05) is 103 Å². The molecule has 6 aromatic carbocycles. The number of aromatic hydroxyl groups is 1. The van der Waals surface area contributed by atoms with Crippen LogP contribution in [0.25, 0.3) is 55.7 Å². The molecule has 7 heteroatoms. The standard InChI is InChI=1S/C40H26N5O.Pt/c46-36-23-9-8-21-34(36)39-43-37(29-14-2-1-3-15-29)42-38(44-39)30-17-10-18-31(26-30)45(35-22-11-16-27-12-4-6-19-32(27)35)40-33-20-7-5-13-28(33)24-25-41-40;/h1-25,46H;/q-1;. The maximum absolute atomic E-state index is 10.7. The van der Waals surface area contributed by atoms with Crippen LogP contribution in [-0.4, -0.2) is 25.0 Å². The first-order chi connectivity index (χ1) is 22.7. The molecule has 228 valence electrons. The van der Waals surface area contributed by atoms with E-state index in [1.54, 1.807) is 18.2 Å². The molecular weight excluding hydrogens is 762 g/mol. The summed E-state index contributed by atoms with van der Waals surface area (Å²) >= 11 is 0. The van der Waals surface area contributed by atoms with E-state index in [0.717, 1.165) is 44.3 Å². The monoisotopic (exact) mass is 787 g/mol. The molecule has 0 bridgehead atoms. The summed E-state index contributed by atoms with van der Waals surface area (Å²) in [4.78, 5) is 21.6. The third kappa shape index (κ3) is 5.76. The summed E-state index contributed by atoms with van der Waals surface area (Å²) in [6, 6.07) is 51.3. The van der Waals surface area contributed by atoms with E-state index in [1.807, 2.05) is 85.1 Å². The van der Waals surface area contributed by atoms with E-state index < -0.39 is 0 Å². The van der Waals surface area contributed by atoms with E-state index in [4.69, 9.17) is 19.9 Å². The van der Waals surface area contributed by atoms with Gasteiger partial charge >= 0.3 is 0 Å². The van der Waals surface area contributed by atoms with Crippen LogP contribution in [0.4, 0.5) is 17.2 Å². The summed E-state index contributed by atoms with van der Waals surface area (Å²) in [6.07, 6.45) is 1.84. The van der Waals surface area contributed by atoms with Crippen molar-refractivity contribution in [3.8, 4) is 39.9 Å². The van der Waals surface area contributed by atoms with Crippen molar-refractivity contribution in [3.05, 3.63) is 158 Å². The smallest absolute Gasteiger partial charge is 0.158 e. The fourth-order valence-electron chi connectivity index (χ4n) is 5.76. The number of phenolic OH excluding ortho intramolecular Hbond substituents is 1. The van der Waals surface area contributed by atoms with Crippen molar-refractivity contribution >= 4 is 38.7 Å². The molecule has 0 unspecified atom stereocenters. The molecule has 0 amide bonds. The van der Waals surface area contributed by atoms with Crippen LogP contribution in [0, 0.1) is 6.07 Å². The van der Waals surface area contributed by atoms with Gasteiger partial charge in [-0.2, -0.15) is 0 Å². The number of anilines is 3. The van der Waals surface area contributed by atoms with Crippen molar-refractivity contribution in [1.29, 1.82) is 0 Å². The molecule has 0 fully saturated rings.